The predicted octanol–water partition coefficient (Wildman–Crippen LogP) is 5.23. The number of aryl methyl sites for hydroxylation is 1. The number of ether oxygens (including phenoxy) is 1. The summed E-state index contributed by atoms with van der Waals surface area (Å²) < 4.78 is 19.6. The monoisotopic (exact) mass is 342 g/mol. The highest BCUT2D eigenvalue weighted by atomic mass is 79.9. The molecule has 0 aromatic heterocycles. The molecule has 19 heavy (non-hydrogen) atoms. The zero-order valence-electron chi connectivity index (χ0n) is 10.6. The van der Waals surface area contributed by atoms with Gasteiger partial charge in [0.2, 0.25) is 0 Å². The number of benzene rings is 2. The average molecular weight is 344 g/mol. The third-order valence-electron chi connectivity index (χ3n) is 2.98. The van der Waals surface area contributed by atoms with Crippen LogP contribution in [0.4, 0.5) is 4.39 Å². The van der Waals surface area contributed by atoms with Gasteiger partial charge in [0.25, 0.3) is 0 Å². The summed E-state index contributed by atoms with van der Waals surface area (Å²) in [6, 6.07) is 10.7. The number of rotatable bonds is 3. The lowest BCUT2D eigenvalue weighted by molar-refractivity contribution is 0.386. The number of hydrogen-bond acceptors (Lipinski definition) is 1. The molecular weight excluding hydrogens is 331 g/mol. The summed E-state index contributed by atoms with van der Waals surface area (Å²) in [5.41, 5.74) is 2.74. The van der Waals surface area contributed by atoms with Crippen LogP contribution in [0, 0.1) is 12.7 Å². The summed E-state index contributed by atoms with van der Waals surface area (Å²) in [4.78, 5) is 0. The standard InChI is InChI=1S/C15H13BrClFO/c1-9-3-5-11(16)8-12(9)15(17)10-4-6-14(19-2)13(18)7-10/h3-8,15H,1-2H3. The van der Waals surface area contributed by atoms with Crippen LogP contribution in [-0.2, 0) is 0 Å². The fraction of sp³-hybridized carbons (Fsp3) is 0.200. The van der Waals surface area contributed by atoms with Crippen LogP contribution in [0.25, 0.3) is 0 Å². The zero-order chi connectivity index (χ0) is 14.0. The molecule has 0 fully saturated rings. The van der Waals surface area contributed by atoms with Gasteiger partial charge in [0.05, 0.1) is 12.5 Å². The van der Waals surface area contributed by atoms with Crippen LogP contribution in [0.2, 0.25) is 0 Å². The second-order valence-corrected chi connectivity index (χ2v) is 5.61. The van der Waals surface area contributed by atoms with Crippen molar-refractivity contribution >= 4 is 27.5 Å². The van der Waals surface area contributed by atoms with Crippen molar-refractivity contribution in [2.75, 3.05) is 7.11 Å². The zero-order valence-corrected chi connectivity index (χ0v) is 12.9. The molecule has 0 aliphatic carbocycles. The van der Waals surface area contributed by atoms with Gasteiger partial charge in [-0.25, -0.2) is 4.39 Å². The summed E-state index contributed by atoms with van der Waals surface area (Å²) in [5, 5.41) is -0.391. The molecule has 0 saturated carbocycles. The predicted molar refractivity (Wildman–Crippen MR) is 79.5 cm³/mol. The second kappa shape index (κ2) is 5.93. The molecule has 0 radical (unpaired) electrons. The van der Waals surface area contributed by atoms with Crippen molar-refractivity contribution < 1.29 is 9.13 Å². The number of alkyl halides is 1. The smallest absolute Gasteiger partial charge is 0.165 e. The quantitative estimate of drug-likeness (QED) is 0.693. The highest BCUT2D eigenvalue weighted by molar-refractivity contribution is 9.10. The first-order chi connectivity index (χ1) is 9.02. The summed E-state index contributed by atoms with van der Waals surface area (Å²) in [5.74, 6) is -0.183. The molecule has 2 aromatic carbocycles. The molecule has 0 amide bonds. The Labute approximate surface area is 125 Å². The Morgan fingerprint density at radius 2 is 1.95 bits per heavy atom. The topological polar surface area (TPSA) is 9.23 Å². The van der Waals surface area contributed by atoms with Crippen LogP contribution in [0.1, 0.15) is 22.1 Å². The molecule has 0 aliphatic heterocycles. The van der Waals surface area contributed by atoms with Gasteiger partial charge in [0.15, 0.2) is 11.6 Å². The third kappa shape index (κ3) is 3.10. The van der Waals surface area contributed by atoms with Crippen molar-refractivity contribution in [2.24, 2.45) is 0 Å². The minimum atomic E-state index is -0.404. The van der Waals surface area contributed by atoms with Gasteiger partial charge in [-0.3, -0.25) is 0 Å². The molecule has 100 valence electrons. The number of hydrogen-bond donors (Lipinski definition) is 0. The molecule has 0 spiro atoms. The molecule has 2 rings (SSSR count). The van der Waals surface area contributed by atoms with E-state index in [0.29, 0.717) is 5.56 Å². The minimum absolute atomic E-state index is 0.221. The molecule has 0 saturated heterocycles. The summed E-state index contributed by atoms with van der Waals surface area (Å²) in [7, 11) is 1.44. The molecule has 0 bridgehead atoms. The van der Waals surface area contributed by atoms with E-state index in [0.717, 1.165) is 15.6 Å². The van der Waals surface area contributed by atoms with E-state index in [-0.39, 0.29) is 5.75 Å². The van der Waals surface area contributed by atoms with Gasteiger partial charge in [-0.05, 0) is 47.9 Å². The SMILES string of the molecule is COc1ccc(C(Cl)c2cc(Br)ccc2C)cc1F. The van der Waals surface area contributed by atoms with E-state index in [1.165, 1.54) is 13.2 Å². The molecule has 2 aromatic rings. The fourth-order valence-corrected chi connectivity index (χ4v) is 2.65. The third-order valence-corrected chi connectivity index (χ3v) is 3.96. The molecule has 0 N–H and O–H groups in total. The first-order valence-corrected chi connectivity index (χ1v) is 6.99. The molecule has 0 heterocycles. The van der Waals surface area contributed by atoms with Crippen LogP contribution in [0.3, 0.4) is 0 Å². The number of halogens is 3. The molecule has 4 heteroatoms. The van der Waals surface area contributed by atoms with Crippen molar-refractivity contribution in [3.8, 4) is 5.75 Å². The first kappa shape index (κ1) is 14.4. The van der Waals surface area contributed by atoms with Gasteiger partial charge < -0.3 is 4.74 Å². The Bertz CT molecular complexity index is 601. The maximum Gasteiger partial charge on any atom is 0.165 e. The lowest BCUT2D eigenvalue weighted by Gasteiger charge is -2.14. The van der Waals surface area contributed by atoms with Crippen molar-refractivity contribution in [3.05, 3.63) is 63.4 Å². The van der Waals surface area contributed by atoms with Gasteiger partial charge in [0, 0.05) is 4.47 Å². The van der Waals surface area contributed by atoms with Gasteiger partial charge in [-0.2, -0.15) is 0 Å². The van der Waals surface area contributed by atoms with Crippen molar-refractivity contribution in [1.29, 1.82) is 0 Å². The summed E-state index contributed by atoms with van der Waals surface area (Å²) in [6.07, 6.45) is 0. The number of methoxy groups -OCH3 is 1. The van der Waals surface area contributed by atoms with Crippen LogP contribution >= 0.6 is 27.5 Å². The molecule has 1 unspecified atom stereocenters. The van der Waals surface area contributed by atoms with E-state index >= 15 is 0 Å². The largest absolute Gasteiger partial charge is 0.494 e. The maximum atomic E-state index is 13.7. The van der Waals surface area contributed by atoms with Crippen molar-refractivity contribution in [3.63, 3.8) is 0 Å². The van der Waals surface area contributed by atoms with Gasteiger partial charge in [-0.1, -0.05) is 28.1 Å². The Morgan fingerprint density at radius 1 is 1.21 bits per heavy atom. The van der Waals surface area contributed by atoms with E-state index in [1.807, 2.05) is 25.1 Å². The van der Waals surface area contributed by atoms with Gasteiger partial charge >= 0.3 is 0 Å². The van der Waals surface area contributed by atoms with Crippen LogP contribution in [0.15, 0.2) is 40.9 Å². The summed E-state index contributed by atoms with van der Waals surface area (Å²) >= 11 is 9.87. The van der Waals surface area contributed by atoms with Crippen LogP contribution in [0.5, 0.6) is 5.75 Å². The maximum absolute atomic E-state index is 13.7. The average Bonchev–Trinajstić information content (AvgIpc) is 2.40. The Kier molecular flexibility index (Phi) is 4.48. The Morgan fingerprint density at radius 3 is 2.58 bits per heavy atom. The normalized spacial score (nSPS) is 12.3. The van der Waals surface area contributed by atoms with Gasteiger partial charge in [-0.15, -0.1) is 11.6 Å². The van der Waals surface area contributed by atoms with E-state index in [1.54, 1.807) is 12.1 Å². The molecule has 1 atom stereocenters. The molecular formula is C15H13BrClFO. The van der Waals surface area contributed by atoms with Crippen LogP contribution < -0.4 is 4.74 Å². The minimum Gasteiger partial charge on any atom is -0.494 e. The summed E-state index contributed by atoms with van der Waals surface area (Å²) in [6.45, 7) is 1.98. The highest BCUT2D eigenvalue weighted by Crippen LogP contribution is 2.34. The van der Waals surface area contributed by atoms with E-state index in [4.69, 9.17) is 16.3 Å². The lowest BCUT2D eigenvalue weighted by atomic mass is 10.00. The Balaban J connectivity index is 2.41. The van der Waals surface area contributed by atoms with Crippen LogP contribution in [-0.4, -0.2) is 7.11 Å². The van der Waals surface area contributed by atoms with Crippen molar-refractivity contribution in [2.45, 2.75) is 12.3 Å². The second-order valence-electron chi connectivity index (χ2n) is 4.26. The molecule has 1 nitrogen and oxygen atoms in total. The van der Waals surface area contributed by atoms with E-state index in [2.05, 4.69) is 15.9 Å². The first-order valence-electron chi connectivity index (χ1n) is 5.76. The van der Waals surface area contributed by atoms with E-state index < -0.39 is 11.2 Å². The van der Waals surface area contributed by atoms with E-state index in [9.17, 15) is 4.39 Å². The lowest BCUT2D eigenvalue weighted by Crippen LogP contribution is -1.98. The fourth-order valence-electron chi connectivity index (χ4n) is 1.90. The molecule has 0 aliphatic rings. The highest BCUT2D eigenvalue weighted by Gasteiger charge is 2.15. The van der Waals surface area contributed by atoms with Gasteiger partial charge in [0.1, 0.15) is 0 Å². The van der Waals surface area contributed by atoms with Crippen molar-refractivity contribution in [1.82, 2.24) is 0 Å². The Hall–Kier alpha value is -1.06.